The Bertz CT molecular complexity index is 481. The maximum atomic E-state index is 13.2. The molecular weight excluding hydrogens is 213 g/mol. The van der Waals surface area contributed by atoms with Crippen LogP contribution in [0.15, 0.2) is 24.4 Å². The molecule has 15 heavy (non-hydrogen) atoms. The molecule has 2 aromatic rings. The average Bonchev–Trinajstić information content (AvgIpc) is 2.59. The van der Waals surface area contributed by atoms with Gasteiger partial charge in [-0.3, -0.25) is 0 Å². The zero-order chi connectivity index (χ0) is 10.8. The Morgan fingerprint density at radius 2 is 2.27 bits per heavy atom. The van der Waals surface area contributed by atoms with Crippen LogP contribution in [0.1, 0.15) is 5.56 Å². The molecule has 0 amide bonds. The van der Waals surface area contributed by atoms with E-state index in [1.165, 1.54) is 17.4 Å². The maximum absolute atomic E-state index is 13.2. The molecule has 0 aliphatic heterocycles. The second-order valence-electron chi connectivity index (χ2n) is 3.11. The summed E-state index contributed by atoms with van der Waals surface area (Å²) in [5.41, 5.74) is 6.83. The average molecular weight is 223 g/mol. The van der Waals surface area contributed by atoms with Gasteiger partial charge in [-0.1, -0.05) is 17.4 Å². The van der Waals surface area contributed by atoms with E-state index in [1.54, 1.807) is 25.3 Å². The molecule has 0 spiro atoms. The quantitative estimate of drug-likeness (QED) is 0.823. The lowest BCUT2D eigenvalue weighted by Crippen LogP contribution is -1.94. The summed E-state index contributed by atoms with van der Waals surface area (Å²) in [7, 11) is 0. The van der Waals surface area contributed by atoms with Crippen molar-refractivity contribution < 1.29 is 4.39 Å². The summed E-state index contributed by atoms with van der Waals surface area (Å²) in [6.45, 7) is 1.72. The third-order valence-corrected chi connectivity index (χ3v) is 2.77. The molecule has 0 fully saturated rings. The molecule has 0 radical (unpaired) electrons. The Morgan fingerprint density at radius 1 is 1.47 bits per heavy atom. The number of halogens is 1. The first kappa shape index (κ1) is 9.92. The van der Waals surface area contributed by atoms with Crippen LogP contribution in [-0.4, -0.2) is 4.98 Å². The molecular formula is C10H10FN3S. The molecule has 1 heterocycles. The third-order valence-electron chi connectivity index (χ3n) is 2.03. The summed E-state index contributed by atoms with van der Waals surface area (Å²) in [6, 6.07) is 4.88. The van der Waals surface area contributed by atoms with Gasteiger partial charge >= 0.3 is 0 Å². The van der Waals surface area contributed by atoms with Crippen LogP contribution in [0.3, 0.4) is 0 Å². The van der Waals surface area contributed by atoms with Gasteiger partial charge in [0, 0.05) is 11.3 Å². The molecule has 0 aliphatic carbocycles. The van der Waals surface area contributed by atoms with Crippen molar-refractivity contribution in [1.82, 2.24) is 4.98 Å². The van der Waals surface area contributed by atoms with Gasteiger partial charge < -0.3 is 11.1 Å². The molecule has 0 unspecified atom stereocenters. The van der Waals surface area contributed by atoms with E-state index in [2.05, 4.69) is 10.3 Å². The van der Waals surface area contributed by atoms with E-state index >= 15 is 0 Å². The van der Waals surface area contributed by atoms with Crippen LogP contribution >= 0.6 is 11.3 Å². The van der Waals surface area contributed by atoms with Crippen LogP contribution in [-0.2, 0) is 0 Å². The van der Waals surface area contributed by atoms with Crippen LogP contribution in [0.25, 0.3) is 0 Å². The van der Waals surface area contributed by atoms with Gasteiger partial charge in [0.1, 0.15) is 10.8 Å². The van der Waals surface area contributed by atoms with Crippen molar-refractivity contribution in [2.24, 2.45) is 0 Å². The fourth-order valence-corrected chi connectivity index (χ4v) is 1.80. The minimum atomic E-state index is -0.232. The second kappa shape index (κ2) is 3.86. The molecule has 0 atom stereocenters. The molecule has 2 rings (SSSR count). The van der Waals surface area contributed by atoms with Crippen molar-refractivity contribution in [3.05, 3.63) is 35.8 Å². The van der Waals surface area contributed by atoms with Gasteiger partial charge in [0.15, 0.2) is 5.13 Å². The summed E-state index contributed by atoms with van der Waals surface area (Å²) in [5, 5.41) is 4.32. The summed E-state index contributed by atoms with van der Waals surface area (Å²) in [6.07, 6.45) is 1.57. The van der Waals surface area contributed by atoms with Gasteiger partial charge in [-0.15, -0.1) is 0 Å². The number of nitrogens with one attached hydrogen (secondary N) is 1. The number of rotatable bonds is 2. The van der Waals surface area contributed by atoms with E-state index < -0.39 is 0 Å². The Hall–Kier alpha value is -1.62. The fourth-order valence-electron chi connectivity index (χ4n) is 1.20. The summed E-state index contributed by atoms with van der Waals surface area (Å²) in [4.78, 5) is 4.04. The lowest BCUT2D eigenvalue weighted by atomic mass is 10.2. The number of benzene rings is 1. The Labute approximate surface area is 90.8 Å². The smallest absolute Gasteiger partial charge is 0.189 e. The van der Waals surface area contributed by atoms with E-state index in [9.17, 15) is 4.39 Å². The standard InChI is InChI=1S/C10H10FN3S/c1-6-7(11)3-2-4-8(6)14-10-13-5-9(12)15-10/h2-5H,12H2,1H3,(H,13,14). The van der Waals surface area contributed by atoms with Crippen LogP contribution in [0, 0.1) is 12.7 Å². The molecule has 0 saturated heterocycles. The van der Waals surface area contributed by atoms with E-state index in [0.29, 0.717) is 21.4 Å². The summed E-state index contributed by atoms with van der Waals surface area (Å²) in [5.74, 6) is -0.232. The van der Waals surface area contributed by atoms with Gasteiger partial charge in [-0.25, -0.2) is 9.37 Å². The zero-order valence-corrected chi connectivity index (χ0v) is 8.94. The maximum Gasteiger partial charge on any atom is 0.189 e. The molecule has 0 bridgehead atoms. The first-order valence-electron chi connectivity index (χ1n) is 4.40. The minimum Gasteiger partial charge on any atom is -0.389 e. The zero-order valence-electron chi connectivity index (χ0n) is 8.12. The third kappa shape index (κ3) is 2.07. The molecule has 0 saturated carbocycles. The van der Waals surface area contributed by atoms with Crippen molar-refractivity contribution in [2.45, 2.75) is 6.92 Å². The van der Waals surface area contributed by atoms with E-state index in [4.69, 9.17) is 5.73 Å². The largest absolute Gasteiger partial charge is 0.389 e. The highest BCUT2D eigenvalue weighted by atomic mass is 32.1. The molecule has 3 nitrogen and oxygen atoms in total. The van der Waals surface area contributed by atoms with E-state index in [0.717, 1.165) is 0 Å². The van der Waals surface area contributed by atoms with Crippen molar-refractivity contribution in [3.8, 4) is 0 Å². The molecule has 78 valence electrons. The van der Waals surface area contributed by atoms with Gasteiger partial charge in [0.2, 0.25) is 0 Å². The highest BCUT2D eigenvalue weighted by Crippen LogP contribution is 2.26. The first-order valence-corrected chi connectivity index (χ1v) is 5.22. The van der Waals surface area contributed by atoms with Crippen LogP contribution in [0.4, 0.5) is 20.2 Å². The number of anilines is 3. The predicted octanol–water partition coefficient (Wildman–Crippen LogP) is 2.92. The summed E-state index contributed by atoms with van der Waals surface area (Å²) >= 11 is 1.33. The van der Waals surface area contributed by atoms with E-state index in [-0.39, 0.29) is 5.82 Å². The topological polar surface area (TPSA) is 50.9 Å². The van der Waals surface area contributed by atoms with Gasteiger partial charge in [0.05, 0.1) is 6.20 Å². The number of aromatic nitrogens is 1. The number of thiazole rings is 1. The summed E-state index contributed by atoms with van der Waals surface area (Å²) < 4.78 is 13.2. The molecule has 1 aromatic heterocycles. The van der Waals surface area contributed by atoms with Crippen molar-refractivity contribution in [3.63, 3.8) is 0 Å². The first-order chi connectivity index (χ1) is 7.16. The molecule has 0 aliphatic rings. The Morgan fingerprint density at radius 3 is 2.93 bits per heavy atom. The van der Waals surface area contributed by atoms with Gasteiger partial charge in [-0.05, 0) is 19.1 Å². The monoisotopic (exact) mass is 223 g/mol. The van der Waals surface area contributed by atoms with E-state index in [1.807, 2.05) is 0 Å². The fraction of sp³-hybridized carbons (Fsp3) is 0.100. The number of nitrogens with two attached hydrogens (primary N) is 1. The van der Waals surface area contributed by atoms with Crippen molar-refractivity contribution >= 4 is 27.2 Å². The molecule has 1 aromatic carbocycles. The highest BCUT2D eigenvalue weighted by Gasteiger charge is 2.05. The number of hydrogen-bond donors (Lipinski definition) is 2. The van der Waals surface area contributed by atoms with Gasteiger partial charge in [-0.2, -0.15) is 0 Å². The highest BCUT2D eigenvalue weighted by molar-refractivity contribution is 7.19. The van der Waals surface area contributed by atoms with Gasteiger partial charge in [0.25, 0.3) is 0 Å². The SMILES string of the molecule is Cc1c(F)cccc1Nc1ncc(N)s1. The number of nitrogen functional groups attached to an aromatic ring is 1. The van der Waals surface area contributed by atoms with Crippen molar-refractivity contribution in [2.75, 3.05) is 11.1 Å². The second-order valence-corrected chi connectivity index (χ2v) is 4.17. The van der Waals surface area contributed by atoms with Crippen LogP contribution in [0.2, 0.25) is 0 Å². The molecule has 3 N–H and O–H groups in total. The lowest BCUT2D eigenvalue weighted by molar-refractivity contribution is 0.619. The normalized spacial score (nSPS) is 10.3. The Kier molecular flexibility index (Phi) is 2.55. The van der Waals surface area contributed by atoms with Crippen LogP contribution in [0.5, 0.6) is 0 Å². The Balaban J connectivity index is 2.28. The predicted molar refractivity (Wildman–Crippen MR) is 60.9 cm³/mol. The number of hydrogen-bond acceptors (Lipinski definition) is 4. The van der Waals surface area contributed by atoms with Crippen LogP contribution < -0.4 is 11.1 Å². The molecule has 5 heteroatoms. The lowest BCUT2D eigenvalue weighted by Gasteiger charge is -2.06. The number of nitrogens with zero attached hydrogens (tertiary/aromatic N) is 1. The minimum absolute atomic E-state index is 0.232. The van der Waals surface area contributed by atoms with Crippen molar-refractivity contribution in [1.29, 1.82) is 0 Å².